The maximum absolute atomic E-state index is 12.4. The summed E-state index contributed by atoms with van der Waals surface area (Å²) in [5.41, 5.74) is 4.47. The first-order valence-electron chi connectivity index (χ1n) is 10.6. The van der Waals surface area contributed by atoms with E-state index >= 15 is 0 Å². The van der Waals surface area contributed by atoms with Crippen LogP contribution in [0.1, 0.15) is 32.6 Å². The summed E-state index contributed by atoms with van der Waals surface area (Å²) in [5.74, 6) is 0.454. The molecule has 0 spiro atoms. The van der Waals surface area contributed by atoms with E-state index in [1.54, 1.807) is 6.20 Å². The molecule has 0 bridgehead atoms. The topological polar surface area (TPSA) is 93.5 Å². The SMILES string of the molecule is CCn1nnc2ccc(-c3c[nH]c4nc(N[C@H]5CC[C@@H](OC(F)(F)F)CC5)ncc34)cc21. The Balaban J connectivity index is 1.32. The molecule has 0 atom stereocenters. The number of anilines is 1. The van der Waals surface area contributed by atoms with Gasteiger partial charge in [-0.2, -0.15) is 4.98 Å². The molecule has 0 unspecified atom stereocenters. The van der Waals surface area contributed by atoms with Crippen LogP contribution in [0.2, 0.25) is 0 Å². The molecular weight excluding hydrogens is 423 g/mol. The monoisotopic (exact) mass is 445 g/mol. The van der Waals surface area contributed by atoms with Crippen LogP contribution >= 0.6 is 0 Å². The number of ether oxygens (including phenoxy) is 1. The molecule has 0 amide bonds. The van der Waals surface area contributed by atoms with Crippen molar-refractivity contribution in [3.8, 4) is 11.1 Å². The number of hydrogen-bond donors (Lipinski definition) is 2. The van der Waals surface area contributed by atoms with Crippen LogP contribution < -0.4 is 5.32 Å². The van der Waals surface area contributed by atoms with Gasteiger partial charge in [0, 0.05) is 35.9 Å². The fraction of sp³-hybridized carbons (Fsp3) is 0.429. The molecule has 3 aromatic heterocycles. The summed E-state index contributed by atoms with van der Waals surface area (Å²) in [6.45, 7) is 2.75. The number of rotatable bonds is 5. The Labute approximate surface area is 181 Å². The first-order chi connectivity index (χ1) is 15.4. The van der Waals surface area contributed by atoms with Crippen molar-refractivity contribution < 1.29 is 17.9 Å². The minimum absolute atomic E-state index is 0.0132. The molecule has 32 heavy (non-hydrogen) atoms. The zero-order chi connectivity index (χ0) is 22.3. The Bertz CT molecular complexity index is 1240. The van der Waals surface area contributed by atoms with Crippen LogP contribution in [-0.2, 0) is 11.3 Å². The highest BCUT2D eigenvalue weighted by Gasteiger charge is 2.35. The van der Waals surface area contributed by atoms with E-state index in [2.05, 4.69) is 41.4 Å². The van der Waals surface area contributed by atoms with Crippen molar-refractivity contribution in [1.29, 1.82) is 0 Å². The van der Waals surface area contributed by atoms with Crippen molar-refractivity contribution in [3.05, 3.63) is 30.6 Å². The van der Waals surface area contributed by atoms with Crippen molar-refractivity contribution in [1.82, 2.24) is 29.9 Å². The number of alkyl halides is 3. The Morgan fingerprint density at radius 2 is 2.03 bits per heavy atom. The first-order valence-corrected chi connectivity index (χ1v) is 10.6. The molecular formula is C21H22F3N7O. The van der Waals surface area contributed by atoms with Gasteiger partial charge in [-0.15, -0.1) is 18.3 Å². The maximum Gasteiger partial charge on any atom is 0.522 e. The van der Waals surface area contributed by atoms with E-state index in [0.29, 0.717) is 37.3 Å². The standard InChI is InChI=1S/C21H22F3N7O/c1-2-31-18-9-12(3-8-17(18)29-30-31)15-10-25-19-16(15)11-26-20(28-19)27-13-4-6-14(7-5-13)32-21(22,23)24/h3,8-11,13-14H,2,4-7H2,1H3,(H2,25,26,27,28)/t13-,14+. The summed E-state index contributed by atoms with van der Waals surface area (Å²) >= 11 is 0. The Kier molecular flexibility index (Phi) is 5.20. The van der Waals surface area contributed by atoms with Gasteiger partial charge in [-0.3, -0.25) is 4.74 Å². The maximum atomic E-state index is 12.4. The minimum atomic E-state index is -4.58. The number of aromatic amines is 1. The largest absolute Gasteiger partial charge is 0.522 e. The fourth-order valence-corrected chi connectivity index (χ4v) is 4.28. The molecule has 3 heterocycles. The van der Waals surface area contributed by atoms with Crippen LogP contribution in [0.15, 0.2) is 30.6 Å². The normalized spacial score (nSPS) is 19.6. The van der Waals surface area contributed by atoms with Crippen LogP contribution in [-0.4, -0.2) is 48.5 Å². The van der Waals surface area contributed by atoms with Crippen LogP contribution in [0, 0.1) is 0 Å². The average Bonchev–Trinajstić information content (AvgIpc) is 3.37. The molecule has 5 rings (SSSR count). The third-order valence-electron chi connectivity index (χ3n) is 5.86. The average molecular weight is 445 g/mol. The van der Waals surface area contributed by atoms with Gasteiger partial charge >= 0.3 is 6.36 Å². The summed E-state index contributed by atoms with van der Waals surface area (Å²) in [6, 6.07) is 6.00. The number of aromatic nitrogens is 6. The molecule has 4 aromatic rings. The molecule has 1 aromatic carbocycles. The molecule has 1 saturated carbocycles. The Morgan fingerprint density at radius 3 is 2.78 bits per heavy atom. The summed E-state index contributed by atoms with van der Waals surface area (Å²) in [7, 11) is 0. The lowest BCUT2D eigenvalue weighted by molar-refractivity contribution is -0.345. The molecule has 0 saturated heterocycles. The lowest BCUT2D eigenvalue weighted by Crippen LogP contribution is -2.33. The number of hydrogen-bond acceptors (Lipinski definition) is 6. The van der Waals surface area contributed by atoms with Gasteiger partial charge in [0.2, 0.25) is 5.95 Å². The third kappa shape index (κ3) is 4.12. The number of nitrogens with zero attached hydrogens (tertiary/aromatic N) is 5. The molecule has 0 aliphatic heterocycles. The minimum Gasteiger partial charge on any atom is -0.351 e. The molecule has 2 N–H and O–H groups in total. The molecule has 1 aliphatic rings. The zero-order valence-corrected chi connectivity index (χ0v) is 17.4. The lowest BCUT2D eigenvalue weighted by Gasteiger charge is -2.29. The number of halogens is 3. The van der Waals surface area contributed by atoms with Crippen molar-refractivity contribution >= 4 is 28.0 Å². The van der Waals surface area contributed by atoms with E-state index in [1.807, 2.05) is 29.9 Å². The van der Waals surface area contributed by atoms with Gasteiger partial charge in [0.1, 0.15) is 11.2 Å². The summed E-state index contributed by atoms with van der Waals surface area (Å²) in [4.78, 5) is 12.2. The van der Waals surface area contributed by atoms with Crippen molar-refractivity contribution in [2.24, 2.45) is 0 Å². The second-order valence-electron chi connectivity index (χ2n) is 7.95. The summed E-state index contributed by atoms with van der Waals surface area (Å²) in [5, 5.41) is 12.4. The summed E-state index contributed by atoms with van der Waals surface area (Å²) in [6.07, 6.45) is 0.114. The summed E-state index contributed by atoms with van der Waals surface area (Å²) < 4.78 is 43.2. The number of H-pyrrole nitrogens is 1. The van der Waals surface area contributed by atoms with Crippen molar-refractivity contribution in [2.45, 2.75) is 57.7 Å². The van der Waals surface area contributed by atoms with E-state index in [-0.39, 0.29) is 6.04 Å². The zero-order valence-electron chi connectivity index (χ0n) is 17.4. The van der Waals surface area contributed by atoms with Crippen molar-refractivity contribution in [3.63, 3.8) is 0 Å². The second kappa shape index (κ2) is 8.05. The van der Waals surface area contributed by atoms with E-state index in [0.717, 1.165) is 34.1 Å². The van der Waals surface area contributed by atoms with Gasteiger partial charge in [-0.1, -0.05) is 11.3 Å². The van der Waals surface area contributed by atoms with Gasteiger partial charge < -0.3 is 10.3 Å². The lowest BCUT2D eigenvalue weighted by atomic mass is 9.93. The second-order valence-corrected chi connectivity index (χ2v) is 7.95. The van der Waals surface area contributed by atoms with Crippen LogP contribution in [0.4, 0.5) is 19.1 Å². The highest BCUT2D eigenvalue weighted by molar-refractivity contribution is 5.95. The third-order valence-corrected chi connectivity index (χ3v) is 5.86. The number of nitrogens with one attached hydrogen (secondary N) is 2. The van der Waals surface area contributed by atoms with Crippen LogP contribution in [0.5, 0.6) is 0 Å². The molecule has 168 valence electrons. The smallest absolute Gasteiger partial charge is 0.351 e. The molecule has 1 aliphatic carbocycles. The molecule has 11 heteroatoms. The van der Waals surface area contributed by atoms with Crippen LogP contribution in [0.3, 0.4) is 0 Å². The quantitative estimate of drug-likeness (QED) is 0.465. The van der Waals surface area contributed by atoms with Gasteiger partial charge in [0.15, 0.2) is 0 Å². The van der Waals surface area contributed by atoms with Crippen LogP contribution in [0.25, 0.3) is 33.2 Å². The first kappa shape index (κ1) is 20.7. The van der Waals surface area contributed by atoms with Gasteiger partial charge in [-0.25, -0.2) is 9.67 Å². The van der Waals surface area contributed by atoms with E-state index < -0.39 is 12.5 Å². The fourth-order valence-electron chi connectivity index (χ4n) is 4.28. The molecule has 0 radical (unpaired) electrons. The Morgan fingerprint density at radius 1 is 1.22 bits per heavy atom. The van der Waals surface area contributed by atoms with Gasteiger partial charge in [-0.05, 0) is 50.3 Å². The highest BCUT2D eigenvalue weighted by atomic mass is 19.4. The van der Waals surface area contributed by atoms with E-state index in [1.165, 1.54) is 0 Å². The number of fused-ring (bicyclic) bond motifs is 2. The molecule has 1 fully saturated rings. The van der Waals surface area contributed by atoms with E-state index in [4.69, 9.17) is 0 Å². The van der Waals surface area contributed by atoms with Crippen molar-refractivity contribution in [2.75, 3.05) is 5.32 Å². The van der Waals surface area contributed by atoms with Gasteiger partial charge in [0.25, 0.3) is 0 Å². The highest BCUT2D eigenvalue weighted by Crippen LogP contribution is 2.31. The van der Waals surface area contributed by atoms with Gasteiger partial charge in [0.05, 0.1) is 11.6 Å². The predicted octanol–water partition coefficient (Wildman–Crippen LogP) is 4.65. The number of aryl methyl sites for hydroxylation is 1. The molecule has 8 nitrogen and oxygen atoms in total. The number of benzene rings is 1. The van der Waals surface area contributed by atoms with E-state index in [9.17, 15) is 13.2 Å². The Hall–Kier alpha value is -3.21. The predicted molar refractivity (Wildman–Crippen MR) is 113 cm³/mol.